The number of ether oxygens (including phenoxy) is 1. The Bertz CT molecular complexity index is 1130. The van der Waals surface area contributed by atoms with Gasteiger partial charge in [-0.15, -0.1) is 11.6 Å². The molecule has 2 aromatic rings. The van der Waals surface area contributed by atoms with Crippen LogP contribution in [0.1, 0.15) is 19.8 Å². The Labute approximate surface area is 191 Å². The number of nitrogens with zero attached hydrogens (tertiary/aromatic N) is 4. The summed E-state index contributed by atoms with van der Waals surface area (Å²) >= 11 is 11.7. The lowest BCUT2D eigenvalue weighted by atomic mass is 10.2. The number of anilines is 1. The predicted molar refractivity (Wildman–Crippen MR) is 121 cm³/mol. The molecule has 1 aliphatic carbocycles. The molecule has 2 heterocycles. The summed E-state index contributed by atoms with van der Waals surface area (Å²) in [5.41, 5.74) is 0.820. The van der Waals surface area contributed by atoms with Crippen LogP contribution in [0.3, 0.4) is 0 Å². The van der Waals surface area contributed by atoms with Gasteiger partial charge in [-0.2, -0.15) is 14.1 Å². The van der Waals surface area contributed by atoms with Crippen LogP contribution >= 0.6 is 23.2 Å². The molecule has 0 amide bonds. The van der Waals surface area contributed by atoms with Gasteiger partial charge in [0.2, 0.25) is 15.8 Å². The highest BCUT2D eigenvalue weighted by Crippen LogP contribution is 2.45. The zero-order valence-corrected chi connectivity index (χ0v) is 19.5. The number of hydrogen-bond acceptors (Lipinski definition) is 6. The van der Waals surface area contributed by atoms with Gasteiger partial charge in [0.15, 0.2) is 0 Å². The second-order valence-corrected chi connectivity index (χ2v) is 11.3. The normalized spacial score (nSPS) is 18.7. The molecular weight excluding hydrogens is 463 g/mol. The summed E-state index contributed by atoms with van der Waals surface area (Å²) in [4.78, 5) is 15.3. The highest BCUT2D eigenvalue weighted by molar-refractivity contribution is 7.90. The molecule has 31 heavy (non-hydrogen) atoms. The van der Waals surface area contributed by atoms with Crippen molar-refractivity contribution in [2.45, 2.75) is 19.8 Å². The summed E-state index contributed by atoms with van der Waals surface area (Å²) in [7, 11) is -3.47. The van der Waals surface area contributed by atoms with Crippen LogP contribution < -0.4 is 15.2 Å². The first-order chi connectivity index (χ1) is 14.7. The molecule has 1 aliphatic heterocycles. The first kappa shape index (κ1) is 22.4. The molecule has 0 radical (unpaired) electrons. The minimum atomic E-state index is -3.47. The molecule has 0 N–H and O–H groups in total. The van der Waals surface area contributed by atoms with Crippen molar-refractivity contribution in [3.63, 3.8) is 0 Å². The predicted octanol–water partition coefficient (Wildman–Crippen LogP) is 2.71. The van der Waals surface area contributed by atoms with E-state index in [-0.39, 0.29) is 29.8 Å². The molecule has 0 unspecified atom stereocenters. The Morgan fingerprint density at radius 3 is 2.52 bits per heavy atom. The van der Waals surface area contributed by atoms with Gasteiger partial charge in [0.25, 0.3) is 0 Å². The van der Waals surface area contributed by atoms with E-state index >= 15 is 0 Å². The molecule has 1 aromatic carbocycles. The Kier molecular flexibility index (Phi) is 6.22. The van der Waals surface area contributed by atoms with E-state index in [1.807, 2.05) is 4.90 Å². The smallest absolute Gasteiger partial charge is 0.316 e. The van der Waals surface area contributed by atoms with Crippen LogP contribution in [0.4, 0.5) is 5.69 Å². The van der Waals surface area contributed by atoms with E-state index in [0.717, 1.165) is 12.8 Å². The first-order valence-electron chi connectivity index (χ1n) is 10.0. The third kappa shape index (κ3) is 4.84. The molecule has 11 heteroatoms. The molecule has 0 spiro atoms. The van der Waals surface area contributed by atoms with Crippen molar-refractivity contribution in [2.24, 2.45) is 5.41 Å². The van der Waals surface area contributed by atoms with Gasteiger partial charge in [-0.3, -0.25) is 4.79 Å². The summed E-state index contributed by atoms with van der Waals surface area (Å²) in [6, 6.07) is 6.89. The van der Waals surface area contributed by atoms with Crippen LogP contribution in [-0.4, -0.2) is 60.5 Å². The fourth-order valence-corrected chi connectivity index (χ4v) is 4.92. The molecule has 4 rings (SSSR count). The first-order valence-corrected chi connectivity index (χ1v) is 12.5. The molecule has 0 bridgehead atoms. The van der Waals surface area contributed by atoms with Gasteiger partial charge < -0.3 is 9.64 Å². The number of halogens is 2. The van der Waals surface area contributed by atoms with Gasteiger partial charge in [-0.25, -0.2) is 8.42 Å². The van der Waals surface area contributed by atoms with Crippen LogP contribution in [0.25, 0.3) is 5.69 Å². The molecule has 1 saturated carbocycles. The second kappa shape index (κ2) is 8.61. The minimum Gasteiger partial charge on any atom is -0.486 e. The maximum absolute atomic E-state index is 13.3. The van der Waals surface area contributed by atoms with E-state index in [9.17, 15) is 13.2 Å². The average Bonchev–Trinajstić information content (AvgIpc) is 3.50. The Morgan fingerprint density at radius 2 is 1.90 bits per heavy atom. The number of benzene rings is 1. The number of sulfonamides is 1. The van der Waals surface area contributed by atoms with Crippen molar-refractivity contribution in [3.05, 3.63) is 45.8 Å². The molecule has 1 saturated heterocycles. The number of alkyl halides is 1. The highest BCUT2D eigenvalue weighted by atomic mass is 35.5. The van der Waals surface area contributed by atoms with Crippen LogP contribution in [0.15, 0.2) is 35.3 Å². The van der Waals surface area contributed by atoms with E-state index in [1.54, 1.807) is 30.5 Å². The number of rotatable bonds is 7. The topological polar surface area (TPSA) is 84.7 Å². The van der Waals surface area contributed by atoms with Crippen molar-refractivity contribution in [2.75, 3.05) is 42.9 Å². The monoisotopic (exact) mass is 486 g/mol. The molecule has 8 nitrogen and oxygen atoms in total. The molecule has 1 aromatic heterocycles. The maximum Gasteiger partial charge on any atom is 0.316 e. The van der Waals surface area contributed by atoms with E-state index in [2.05, 4.69) is 12.0 Å². The highest BCUT2D eigenvalue weighted by Gasteiger charge is 2.39. The number of piperazine rings is 1. The number of aromatic nitrogens is 2. The van der Waals surface area contributed by atoms with Crippen molar-refractivity contribution < 1.29 is 13.2 Å². The Morgan fingerprint density at radius 1 is 1.19 bits per heavy atom. The summed E-state index contributed by atoms with van der Waals surface area (Å²) in [6.07, 6.45) is 3.72. The summed E-state index contributed by atoms with van der Waals surface area (Å²) in [6.45, 7) is 3.94. The van der Waals surface area contributed by atoms with E-state index in [0.29, 0.717) is 36.1 Å². The lowest BCUT2D eigenvalue weighted by molar-refractivity contribution is 0.242. The molecule has 2 fully saturated rings. The van der Waals surface area contributed by atoms with Crippen molar-refractivity contribution in [1.82, 2.24) is 14.1 Å². The third-order valence-corrected chi connectivity index (χ3v) is 8.24. The zero-order valence-electron chi connectivity index (χ0n) is 17.1. The third-order valence-electron chi connectivity index (χ3n) is 5.75. The summed E-state index contributed by atoms with van der Waals surface area (Å²) < 4.78 is 32.8. The SMILES string of the molecule is CC1(COc2c(N3CCN(S(=O)(=O)CCl)CC3)cnn(-c3cccc(Cl)c3)c2=O)CC1. The van der Waals surface area contributed by atoms with Crippen molar-refractivity contribution in [3.8, 4) is 11.4 Å². The van der Waals surface area contributed by atoms with Gasteiger partial charge in [0, 0.05) is 36.6 Å². The standard InChI is InChI=1S/C20H24Cl2N4O4S/c1-20(5-6-20)13-30-18-17(24-7-9-25(10-8-24)31(28,29)14-21)12-23-26(19(18)27)16-4-2-3-15(22)11-16/h2-4,11-12H,5-10,13-14H2,1H3. The van der Waals surface area contributed by atoms with Crippen LogP contribution in [0.5, 0.6) is 5.75 Å². The fraction of sp³-hybridized carbons (Fsp3) is 0.500. The summed E-state index contributed by atoms with van der Waals surface area (Å²) in [5.74, 6) is 0.219. The van der Waals surface area contributed by atoms with Crippen LogP contribution in [-0.2, 0) is 10.0 Å². The van der Waals surface area contributed by atoms with E-state index < -0.39 is 15.2 Å². The molecular formula is C20H24Cl2N4O4S. The average molecular weight is 487 g/mol. The minimum absolute atomic E-state index is 0.0843. The maximum atomic E-state index is 13.3. The number of hydrogen-bond donors (Lipinski definition) is 0. The largest absolute Gasteiger partial charge is 0.486 e. The van der Waals surface area contributed by atoms with Gasteiger partial charge in [0.05, 0.1) is 18.5 Å². The summed E-state index contributed by atoms with van der Waals surface area (Å²) in [5, 5.41) is 4.39. The fourth-order valence-electron chi connectivity index (χ4n) is 3.46. The van der Waals surface area contributed by atoms with Gasteiger partial charge in [0.1, 0.15) is 10.9 Å². The lowest BCUT2D eigenvalue weighted by Gasteiger charge is -2.35. The molecule has 2 aliphatic rings. The second-order valence-electron chi connectivity index (χ2n) is 8.26. The molecule has 0 atom stereocenters. The van der Waals surface area contributed by atoms with Crippen molar-refractivity contribution in [1.29, 1.82) is 0 Å². The zero-order chi connectivity index (χ0) is 22.2. The quantitative estimate of drug-likeness (QED) is 0.559. The lowest BCUT2D eigenvalue weighted by Crippen LogP contribution is -2.49. The van der Waals surface area contributed by atoms with Gasteiger partial charge in [-0.1, -0.05) is 24.6 Å². The Balaban J connectivity index is 1.65. The van der Waals surface area contributed by atoms with Crippen LogP contribution in [0.2, 0.25) is 5.02 Å². The Hall–Kier alpha value is -1.81. The van der Waals surface area contributed by atoms with Crippen LogP contribution in [0, 0.1) is 5.41 Å². The molecule has 168 valence electrons. The van der Waals surface area contributed by atoms with Gasteiger partial charge >= 0.3 is 5.56 Å². The van der Waals surface area contributed by atoms with E-state index in [4.69, 9.17) is 27.9 Å². The van der Waals surface area contributed by atoms with Crippen molar-refractivity contribution >= 4 is 38.9 Å². The van der Waals surface area contributed by atoms with Gasteiger partial charge in [-0.05, 0) is 31.0 Å². The van der Waals surface area contributed by atoms with E-state index in [1.165, 1.54) is 8.99 Å².